The number of carbonyl (C=O) groups is 2. The van der Waals surface area contributed by atoms with Gasteiger partial charge in [0.2, 0.25) is 5.91 Å². The van der Waals surface area contributed by atoms with E-state index in [4.69, 9.17) is 0 Å². The molecule has 118 valence electrons. The zero-order chi connectivity index (χ0) is 15.9. The third-order valence-corrected chi connectivity index (χ3v) is 4.92. The lowest BCUT2D eigenvalue weighted by molar-refractivity contribution is -0.305. The lowest BCUT2D eigenvalue weighted by Gasteiger charge is -2.07. The minimum atomic E-state index is -4.44. The summed E-state index contributed by atoms with van der Waals surface area (Å²) in [5.41, 5.74) is 0. The van der Waals surface area contributed by atoms with Gasteiger partial charge in [0.1, 0.15) is 6.54 Å². The summed E-state index contributed by atoms with van der Waals surface area (Å²) in [5, 5.41) is 19.5. The first-order chi connectivity index (χ1) is 9.76. The van der Waals surface area contributed by atoms with Gasteiger partial charge in [-0.15, -0.1) is 10.2 Å². The number of nitrogens with one attached hydrogen (secondary N) is 1. The van der Waals surface area contributed by atoms with Crippen LogP contribution in [0.25, 0.3) is 0 Å². The maximum absolute atomic E-state index is 11.9. The van der Waals surface area contributed by atoms with Crippen LogP contribution in [0.15, 0.2) is 8.68 Å². The van der Waals surface area contributed by atoms with Crippen molar-refractivity contribution in [3.05, 3.63) is 0 Å². The van der Waals surface area contributed by atoms with Crippen LogP contribution in [-0.4, -0.2) is 46.3 Å². The number of carboxylic acid groups (broad SMARTS) is 1. The fourth-order valence-corrected chi connectivity index (χ4v) is 3.75. The molecule has 0 aromatic carbocycles. The van der Waals surface area contributed by atoms with Crippen LogP contribution in [-0.2, 0) is 9.59 Å². The lowest BCUT2D eigenvalue weighted by Crippen LogP contribution is -2.34. The Morgan fingerprint density at radius 1 is 1.24 bits per heavy atom. The molecule has 0 fully saturated rings. The predicted octanol–water partition coefficient (Wildman–Crippen LogP) is 0.541. The van der Waals surface area contributed by atoms with E-state index in [1.165, 1.54) is 11.8 Å². The summed E-state index contributed by atoms with van der Waals surface area (Å²) in [7, 11) is 0. The number of aromatic nitrogens is 2. The average molecular weight is 360 g/mol. The molecule has 21 heavy (non-hydrogen) atoms. The number of carboxylic acids is 1. The lowest BCUT2D eigenvalue weighted by atomic mass is 10.5. The zero-order valence-corrected chi connectivity index (χ0v) is 12.8. The maximum Gasteiger partial charge on any atom is 0.405 e. The third kappa shape index (κ3) is 8.78. The summed E-state index contributed by atoms with van der Waals surface area (Å²) in [4.78, 5) is 21.4. The van der Waals surface area contributed by atoms with Crippen LogP contribution in [0, 0.1) is 0 Å². The monoisotopic (exact) mass is 360 g/mol. The van der Waals surface area contributed by atoms with Crippen molar-refractivity contribution in [3.8, 4) is 0 Å². The fraction of sp³-hybridized carbons (Fsp3) is 0.556. The second-order valence-corrected chi connectivity index (χ2v) is 7.03. The first-order valence-corrected chi connectivity index (χ1v) is 8.17. The normalized spacial score (nSPS) is 11.4. The molecule has 12 heteroatoms. The SMILES string of the molecule is O=C([O-])CCSc1nnc(SCC(=O)NCC(F)(F)F)s1. The number of aliphatic carboxylic acids is 1. The van der Waals surface area contributed by atoms with E-state index < -0.39 is 24.6 Å². The zero-order valence-electron chi connectivity index (χ0n) is 10.3. The van der Waals surface area contributed by atoms with Gasteiger partial charge in [0.15, 0.2) is 8.68 Å². The van der Waals surface area contributed by atoms with Crippen molar-refractivity contribution in [2.45, 2.75) is 21.3 Å². The topological polar surface area (TPSA) is 95.0 Å². The number of nitrogens with zero attached hydrogens (tertiary/aromatic N) is 2. The van der Waals surface area contributed by atoms with Gasteiger partial charge in [0.05, 0.1) is 5.75 Å². The van der Waals surface area contributed by atoms with Crippen LogP contribution in [0.5, 0.6) is 0 Å². The van der Waals surface area contributed by atoms with Crippen LogP contribution in [0.4, 0.5) is 13.2 Å². The van der Waals surface area contributed by atoms with Crippen molar-refractivity contribution in [2.24, 2.45) is 0 Å². The van der Waals surface area contributed by atoms with E-state index in [1.807, 2.05) is 0 Å². The van der Waals surface area contributed by atoms with Gasteiger partial charge in [-0.05, 0) is 6.42 Å². The van der Waals surface area contributed by atoms with Crippen molar-refractivity contribution < 1.29 is 27.9 Å². The van der Waals surface area contributed by atoms with E-state index in [-0.39, 0.29) is 17.9 Å². The van der Waals surface area contributed by atoms with Gasteiger partial charge in [-0.2, -0.15) is 13.2 Å². The molecule has 1 heterocycles. The third-order valence-electron chi connectivity index (χ3n) is 1.73. The first kappa shape index (κ1) is 18.0. The van der Waals surface area contributed by atoms with Crippen LogP contribution in [0.2, 0.25) is 0 Å². The summed E-state index contributed by atoms with van der Waals surface area (Å²) in [5.74, 6) is -1.83. The van der Waals surface area contributed by atoms with Crippen molar-refractivity contribution in [2.75, 3.05) is 18.1 Å². The van der Waals surface area contributed by atoms with Crippen LogP contribution >= 0.6 is 34.9 Å². The molecule has 1 N–H and O–H groups in total. The molecule has 1 rings (SSSR count). The quantitative estimate of drug-likeness (QED) is 0.676. The number of halogens is 3. The fourth-order valence-electron chi connectivity index (χ4n) is 0.913. The van der Waals surface area contributed by atoms with E-state index >= 15 is 0 Å². The van der Waals surface area contributed by atoms with Crippen LogP contribution in [0.1, 0.15) is 6.42 Å². The van der Waals surface area contributed by atoms with Gasteiger partial charge in [0, 0.05) is 11.7 Å². The molecule has 0 radical (unpaired) electrons. The van der Waals surface area contributed by atoms with E-state index in [9.17, 15) is 27.9 Å². The van der Waals surface area contributed by atoms with Gasteiger partial charge >= 0.3 is 6.18 Å². The number of carbonyl (C=O) groups excluding carboxylic acids is 2. The minimum Gasteiger partial charge on any atom is -0.550 e. The smallest absolute Gasteiger partial charge is 0.405 e. The summed E-state index contributed by atoms with van der Waals surface area (Å²) in [6.07, 6.45) is -4.56. The molecule has 0 unspecified atom stereocenters. The van der Waals surface area contributed by atoms with Crippen molar-refractivity contribution in [1.29, 1.82) is 0 Å². The number of amides is 1. The molecule has 0 saturated heterocycles. The highest BCUT2D eigenvalue weighted by Crippen LogP contribution is 2.28. The Morgan fingerprint density at radius 2 is 1.86 bits per heavy atom. The molecule has 0 aliphatic heterocycles. The van der Waals surface area contributed by atoms with Crippen LogP contribution < -0.4 is 10.4 Å². The number of alkyl halides is 3. The Balaban J connectivity index is 2.28. The summed E-state index contributed by atoms with van der Waals surface area (Å²) in [6.45, 7) is -1.37. The molecule has 0 saturated carbocycles. The number of rotatable bonds is 8. The largest absolute Gasteiger partial charge is 0.550 e. The second-order valence-electron chi connectivity index (χ2n) is 3.48. The molecule has 6 nitrogen and oxygen atoms in total. The van der Waals surface area contributed by atoms with E-state index in [0.717, 1.165) is 23.1 Å². The van der Waals surface area contributed by atoms with Crippen molar-refractivity contribution in [3.63, 3.8) is 0 Å². The standard InChI is InChI=1S/C9H10F3N3O3S3/c10-9(11,12)4-13-5(16)3-20-8-15-14-7(21-8)19-2-1-6(17)18/h1-4H2,(H,13,16)(H,17,18)/p-1. The Bertz CT molecular complexity index is 495. The van der Waals surface area contributed by atoms with Gasteiger partial charge in [-0.3, -0.25) is 4.79 Å². The Hall–Kier alpha value is -1.01. The minimum absolute atomic E-state index is 0.118. The molecule has 1 aromatic heterocycles. The maximum atomic E-state index is 11.9. The summed E-state index contributed by atoms with van der Waals surface area (Å²) in [6, 6.07) is 0. The van der Waals surface area contributed by atoms with E-state index in [0.29, 0.717) is 8.68 Å². The highest BCUT2D eigenvalue weighted by molar-refractivity contribution is 8.03. The second kappa shape index (κ2) is 8.44. The molecular formula is C9H9F3N3O3S3-. The predicted molar refractivity (Wildman–Crippen MR) is 70.0 cm³/mol. The molecule has 0 bridgehead atoms. The molecule has 0 atom stereocenters. The van der Waals surface area contributed by atoms with Crippen molar-refractivity contribution in [1.82, 2.24) is 15.5 Å². The molecule has 0 spiro atoms. The molecular weight excluding hydrogens is 351 g/mol. The highest BCUT2D eigenvalue weighted by Gasteiger charge is 2.27. The number of hydrogen-bond donors (Lipinski definition) is 1. The Kier molecular flexibility index (Phi) is 7.25. The highest BCUT2D eigenvalue weighted by atomic mass is 32.2. The van der Waals surface area contributed by atoms with Gasteiger partial charge in [-0.1, -0.05) is 34.9 Å². The first-order valence-electron chi connectivity index (χ1n) is 5.38. The molecule has 0 aliphatic rings. The summed E-state index contributed by atoms with van der Waals surface area (Å²) < 4.78 is 36.5. The van der Waals surface area contributed by atoms with Gasteiger partial charge < -0.3 is 15.2 Å². The van der Waals surface area contributed by atoms with Gasteiger partial charge in [0.25, 0.3) is 0 Å². The van der Waals surface area contributed by atoms with E-state index in [2.05, 4.69) is 10.2 Å². The Labute approximate surface area is 129 Å². The molecule has 0 aliphatic carbocycles. The van der Waals surface area contributed by atoms with E-state index in [1.54, 1.807) is 5.32 Å². The summed E-state index contributed by atoms with van der Waals surface area (Å²) >= 11 is 3.28. The molecule has 1 aromatic rings. The van der Waals surface area contributed by atoms with Crippen LogP contribution in [0.3, 0.4) is 0 Å². The number of hydrogen-bond acceptors (Lipinski definition) is 8. The van der Waals surface area contributed by atoms with Gasteiger partial charge in [-0.25, -0.2) is 0 Å². The number of thioether (sulfide) groups is 2. The van der Waals surface area contributed by atoms with Crippen molar-refractivity contribution >= 4 is 46.7 Å². The molecule has 1 amide bonds. The Morgan fingerprint density at radius 3 is 2.43 bits per heavy atom. The average Bonchev–Trinajstić information content (AvgIpc) is 2.80.